The van der Waals surface area contributed by atoms with Crippen LogP contribution in [-0.4, -0.2) is 48.1 Å². The zero-order chi connectivity index (χ0) is 24.6. The van der Waals surface area contributed by atoms with Crippen molar-refractivity contribution in [1.29, 1.82) is 0 Å². The smallest absolute Gasteiger partial charge is 0.269 e. The molecule has 0 bridgehead atoms. The molecular weight excluding hydrogens is 440 g/mol. The summed E-state index contributed by atoms with van der Waals surface area (Å²) in [7, 11) is 4.04. The molecule has 0 aliphatic heterocycles. The first-order valence-electron chi connectivity index (χ1n) is 12.6. The van der Waals surface area contributed by atoms with Crippen LogP contribution in [0.5, 0.6) is 0 Å². The summed E-state index contributed by atoms with van der Waals surface area (Å²) in [6.45, 7) is 2.09. The number of anilines is 2. The fourth-order valence-electron chi connectivity index (χ4n) is 4.83. The molecule has 1 aromatic heterocycles. The Morgan fingerprint density at radius 1 is 1.00 bits per heavy atom. The topological polar surface area (TPSA) is 96.2 Å². The molecule has 1 fully saturated rings. The second-order valence-electron chi connectivity index (χ2n) is 9.73. The van der Waals surface area contributed by atoms with Gasteiger partial charge in [0.2, 0.25) is 5.95 Å². The third-order valence-electron chi connectivity index (χ3n) is 6.84. The number of unbranched alkanes of at least 4 members (excludes halogenated alkanes) is 1. The van der Waals surface area contributed by atoms with Crippen molar-refractivity contribution in [3.63, 3.8) is 0 Å². The van der Waals surface area contributed by atoms with Gasteiger partial charge in [-0.1, -0.05) is 24.3 Å². The van der Waals surface area contributed by atoms with Crippen LogP contribution >= 0.6 is 0 Å². The normalized spacial score (nSPS) is 17.9. The van der Waals surface area contributed by atoms with Crippen molar-refractivity contribution in [3.8, 4) is 0 Å². The lowest BCUT2D eigenvalue weighted by Crippen LogP contribution is -2.32. The maximum atomic E-state index is 10.7. The molecular formula is C27H36N6O2. The van der Waals surface area contributed by atoms with E-state index in [9.17, 15) is 10.1 Å². The molecule has 1 aliphatic rings. The Bertz CT molecular complexity index is 1110. The fraction of sp³-hybridized carbons (Fsp3) is 0.481. The van der Waals surface area contributed by atoms with Crippen LogP contribution in [-0.2, 0) is 6.42 Å². The second kappa shape index (κ2) is 11.9. The van der Waals surface area contributed by atoms with Gasteiger partial charge in [-0.25, -0.2) is 4.98 Å². The van der Waals surface area contributed by atoms with Crippen molar-refractivity contribution in [2.24, 2.45) is 5.92 Å². The predicted molar refractivity (Wildman–Crippen MR) is 142 cm³/mol. The Kier molecular flexibility index (Phi) is 8.47. The van der Waals surface area contributed by atoms with Crippen LogP contribution in [0.25, 0.3) is 10.9 Å². The average molecular weight is 477 g/mol. The van der Waals surface area contributed by atoms with Crippen LogP contribution in [0.2, 0.25) is 0 Å². The van der Waals surface area contributed by atoms with Crippen molar-refractivity contribution < 1.29 is 4.92 Å². The highest BCUT2D eigenvalue weighted by Gasteiger charge is 2.22. The number of nitrogens with zero attached hydrogens (tertiary/aromatic N) is 4. The van der Waals surface area contributed by atoms with Crippen LogP contribution in [0.4, 0.5) is 17.5 Å². The molecule has 0 unspecified atom stereocenters. The minimum atomic E-state index is -0.352. The highest BCUT2D eigenvalue weighted by molar-refractivity contribution is 5.90. The molecule has 2 aromatic carbocycles. The molecule has 0 saturated heterocycles. The summed E-state index contributed by atoms with van der Waals surface area (Å²) in [6.07, 6.45) is 7.86. The minimum absolute atomic E-state index is 0.156. The number of nitrogens with one attached hydrogen (secondary N) is 2. The summed E-state index contributed by atoms with van der Waals surface area (Å²) in [5, 5.41) is 19.0. The number of aromatic nitrogens is 2. The van der Waals surface area contributed by atoms with E-state index in [4.69, 9.17) is 9.97 Å². The van der Waals surface area contributed by atoms with Gasteiger partial charge >= 0.3 is 0 Å². The van der Waals surface area contributed by atoms with Gasteiger partial charge in [-0.2, -0.15) is 4.98 Å². The molecule has 1 aliphatic carbocycles. The number of nitro benzene ring substituents is 1. The lowest BCUT2D eigenvalue weighted by Gasteiger charge is -2.29. The third-order valence-corrected chi connectivity index (χ3v) is 6.84. The quantitative estimate of drug-likeness (QED) is 0.223. The summed E-state index contributed by atoms with van der Waals surface area (Å²) in [5.74, 6) is 2.39. The van der Waals surface area contributed by atoms with E-state index < -0.39 is 0 Å². The molecule has 0 radical (unpaired) electrons. The maximum absolute atomic E-state index is 10.7. The van der Waals surface area contributed by atoms with Gasteiger partial charge in [0.1, 0.15) is 5.82 Å². The first-order valence-corrected chi connectivity index (χ1v) is 12.6. The molecule has 0 spiro atoms. The maximum Gasteiger partial charge on any atom is 0.269 e. The van der Waals surface area contributed by atoms with E-state index in [1.165, 1.54) is 12.8 Å². The molecule has 8 nitrogen and oxygen atoms in total. The van der Waals surface area contributed by atoms with E-state index >= 15 is 0 Å². The van der Waals surface area contributed by atoms with E-state index in [1.54, 1.807) is 12.1 Å². The zero-order valence-electron chi connectivity index (χ0n) is 20.7. The molecule has 186 valence electrons. The largest absolute Gasteiger partial charge is 0.362 e. The number of nitro groups is 1. The Balaban J connectivity index is 1.14. The van der Waals surface area contributed by atoms with Crippen LogP contribution in [0, 0.1) is 16.0 Å². The number of fused-ring (bicyclic) bond motifs is 1. The minimum Gasteiger partial charge on any atom is -0.362 e. The summed E-state index contributed by atoms with van der Waals surface area (Å²) >= 11 is 0. The molecule has 0 amide bonds. The number of para-hydroxylation sites is 1. The van der Waals surface area contributed by atoms with Crippen molar-refractivity contribution in [2.45, 2.75) is 51.0 Å². The predicted octanol–water partition coefficient (Wildman–Crippen LogP) is 5.19. The first-order chi connectivity index (χ1) is 17.0. The molecule has 1 heterocycles. The zero-order valence-corrected chi connectivity index (χ0v) is 20.7. The van der Waals surface area contributed by atoms with Crippen molar-refractivity contribution in [2.75, 3.05) is 37.4 Å². The van der Waals surface area contributed by atoms with Crippen molar-refractivity contribution >= 4 is 28.4 Å². The van der Waals surface area contributed by atoms with E-state index in [2.05, 4.69) is 16.7 Å². The number of aryl methyl sites for hydroxylation is 1. The van der Waals surface area contributed by atoms with Gasteiger partial charge in [-0.05, 0) is 81.6 Å². The number of rotatable bonds is 11. The highest BCUT2D eigenvalue weighted by atomic mass is 16.6. The first kappa shape index (κ1) is 24.9. The monoisotopic (exact) mass is 476 g/mol. The summed E-state index contributed by atoms with van der Waals surface area (Å²) < 4.78 is 0. The van der Waals surface area contributed by atoms with Gasteiger partial charge in [-0.15, -0.1) is 0 Å². The van der Waals surface area contributed by atoms with Crippen molar-refractivity contribution in [3.05, 3.63) is 64.2 Å². The van der Waals surface area contributed by atoms with Crippen LogP contribution in [0.1, 0.15) is 44.1 Å². The molecule has 0 atom stereocenters. The summed E-state index contributed by atoms with van der Waals surface area (Å²) in [6, 6.07) is 15.5. The standard InChI is InChI=1S/C27H36N6O2/c1-32(2)26-24-8-3-4-9-25(24)30-27(31-26)29-22-14-10-21(11-15-22)19-28-18-6-5-7-20-12-16-23(17-13-20)33(34)35/h3-4,8-9,12-13,16-17,21-22,28H,5-7,10-11,14-15,18-19H2,1-2H3,(H,29,30,31)/t21-,22+. The average Bonchev–Trinajstić information content (AvgIpc) is 2.86. The van der Waals surface area contributed by atoms with Crippen LogP contribution in [0.3, 0.4) is 0 Å². The Labute approximate surface area is 207 Å². The van der Waals surface area contributed by atoms with Gasteiger partial charge in [-0.3, -0.25) is 10.1 Å². The molecule has 3 aromatic rings. The lowest BCUT2D eigenvalue weighted by atomic mass is 9.86. The van der Waals surface area contributed by atoms with E-state index in [0.717, 1.165) is 79.3 Å². The molecule has 2 N–H and O–H groups in total. The van der Waals surface area contributed by atoms with Crippen molar-refractivity contribution in [1.82, 2.24) is 15.3 Å². The Hall–Kier alpha value is -3.26. The van der Waals surface area contributed by atoms with Gasteiger partial charge in [0.25, 0.3) is 5.69 Å². The van der Waals surface area contributed by atoms with Gasteiger partial charge in [0, 0.05) is 37.7 Å². The number of non-ortho nitro benzene ring substituents is 1. The number of benzene rings is 2. The summed E-state index contributed by atoms with van der Waals surface area (Å²) in [4.78, 5) is 22.0. The van der Waals surface area contributed by atoms with Gasteiger partial charge < -0.3 is 15.5 Å². The lowest BCUT2D eigenvalue weighted by molar-refractivity contribution is -0.384. The van der Waals surface area contributed by atoms with Crippen LogP contribution in [0.15, 0.2) is 48.5 Å². The third kappa shape index (κ3) is 6.88. The molecule has 1 saturated carbocycles. The van der Waals surface area contributed by atoms with E-state index in [1.807, 2.05) is 49.3 Å². The van der Waals surface area contributed by atoms with E-state index in [-0.39, 0.29) is 10.6 Å². The molecule has 35 heavy (non-hydrogen) atoms. The van der Waals surface area contributed by atoms with Crippen LogP contribution < -0.4 is 15.5 Å². The highest BCUT2D eigenvalue weighted by Crippen LogP contribution is 2.28. The number of hydrogen-bond acceptors (Lipinski definition) is 7. The Morgan fingerprint density at radius 3 is 2.46 bits per heavy atom. The van der Waals surface area contributed by atoms with Gasteiger partial charge in [0.15, 0.2) is 0 Å². The fourth-order valence-corrected chi connectivity index (χ4v) is 4.83. The SMILES string of the molecule is CN(C)c1nc(N[C@H]2CC[C@@H](CNCCCCc3ccc([N+](=O)[O-])cc3)CC2)nc2ccccc12. The Morgan fingerprint density at radius 2 is 1.74 bits per heavy atom. The second-order valence-corrected chi connectivity index (χ2v) is 9.73. The number of hydrogen-bond donors (Lipinski definition) is 2. The van der Waals surface area contributed by atoms with Gasteiger partial charge in [0.05, 0.1) is 10.4 Å². The summed E-state index contributed by atoms with van der Waals surface area (Å²) in [5.41, 5.74) is 2.29. The molecule has 4 rings (SSSR count). The molecule has 8 heteroatoms. The van der Waals surface area contributed by atoms with E-state index in [0.29, 0.717) is 6.04 Å².